The molecule has 3 N–H and O–H groups in total. The molecule has 1 saturated heterocycles. The van der Waals surface area contributed by atoms with Crippen LogP contribution in [0, 0.1) is 18.3 Å². The molecule has 0 spiro atoms. The second kappa shape index (κ2) is 5.61. The highest BCUT2D eigenvalue weighted by molar-refractivity contribution is 6.00. The van der Waals surface area contributed by atoms with Crippen molar-refractivity contribution in [3.05, 3.63) is 11.3 Å². The molecule has 1 aromatic rings. The largest absolute Gasteiger partial charge is 0.384 e. The summed E-state index contributed by atoms with van der Waals surface area (Å²) in [5, 5.41) is 12.1. The average molecular weight is 265 g/mol. The van der Waals surface area contributed by atoms with Gasteiger partial charge in [0.05, 0.1) is 11.3 Å². The Bertz CT molecular complexity index is 462. The fourth-order valence-electron chi connectivity index (χ4n) is 2.80. The maximum absolute atomic E-state index is 7.72. The molecule has 106 valence electrons. The maximum atomic E-state index is 7.72. The van der Waals surface area contributed by atoms with Crippen LogP contribution < -0.4 is 10.6 Å². The molecule has 0 aliphatic carbocycles. The average Bonchev–Trinajstić information content (AvgIpc) is 2.65. The first kappa shape index (κ1) is 13.9. The molecule has 0 aromatic carbocycles. The number of anilines is 1. The SMILES string of the molecule is Cc1nn(C)c(N(C)CC2CCOCC2)c1C(=N)N. The van der Waals surface area contributed by atoms with Gasteiger partial charge in [-0.05, 0) is 25.7 Å². The third-order valence-electron chi connectivity index (χ3n) is 3.70. The Morgan fingerprint density at radius 1 is 1.53 bits per heavy atom. The summed E-state index contributed by atoms with van der Waals surface area (Å²) in [4.78, 5) is 2.16. The standard InChI is InChI=1S/C13H23N5O/c1-9-11(12(14)15)13(18(3)16-9)17(2)8-10-4-6-19-7-5-10/h10H,4-8H2,1-3H3,(H3,14,15). The molecule has 1 fully saturated rings. The molecular weight excluding hydrogens is 242 g/mol. The van der Waals surface area contributed by atoms with Gasteiger partial charge < -0.3 is 15.4 Å². The quantitative estimate of drug-likeness (QED) is 0.625. The molecule has 19 heavy (non-hydrogen) atoms. The molecule has 1 aliphatic rings. The Balaban J connectivity index is 2.18. The van der Waals surface area contributed by atoms with Gasteiger partial charge in [0.15, 0.2) is 0 Å². The topological polar surface area (TPSA) is 80.2 Å². The number of ether oxygens (including phenoxy) is 1. The number of hydrogen-bond donors (Lipinski definition) is 2. The third-order valence-corrected chi connectivity index (χ3v) is 3.70. The first-order valence-corrected chi connectivity index (χ1v) is 6.67. The number of amidine groups is 1. The van der Waals surface area contributed by atoms with Gasteiger partial charge in [0.2, 0.25) is 0 Å². The lowest BCUT2D eigenvalue weighted by molar-refractivity contribution is 0.0684. The molecule has 2 heterocycles. The highest BCUT2D eigenvalue weighted by atomic mass is 16.5. The van der Waals surface area contributed by atoms with Crippen LogP contribution in [0.15, 0.2) is 0 Å². The Morgan fingerprint density at radius 2 is 2.16 bits per heavy atom. The number of aryl methyl sites for hydroxylation is 2. The van der Waals surface area contributed by atoms with Crippen LogP contribution in [0.4, 0.5) is 5.82 Å². The second-order valence-corrected chi connectivity index (χ2v) is 5.26. The van der Waals surface area contributed by atoms with Crippen LogP contribution in [0.2, 0.25) is 0 Å². The van der Waals surface area contributed by atoms with Crippen molar-refractivity contribution in [2.45, 2.75) is 19.8 Å². The van der Waals surface area contributed by atoms with E-state index in [1.165, 1.54) is 0 Å². The lowest BCUT2D eigenvalue weighted by atomic mass is 10.00. The maximum Gasteiger partial charge on any atom is 0.137 e. The van der Waals surface area contributed by atoms with Gasteiger partial charge in [-0.15, -0.1) is 0 Å². The number of nitrogen functional groups attached to an aromatic ring is 1. The Kier molecular flexibility index (Phi) is 4.09. The summed E-state index contributed by atoms with van der Waals surface area (Å²) in [6.45, 7) is 4.54. The molecule has 0 amide bonds. The first-order chi connectivity index (χ1) is 9.00. The molecule has 0 saturated carbocycles. The Hall–Kier alpha value is -1.56. The van der Waals surface area contributed by atoms with Gasteiger partial charge >= 0.3 is 0 Å². The van der Waals surface area contributed by atoms with Crippen molar-refractivity contribution in [3.63, 3.8) is 0 Å². The lowest BCUT2D eigenvalue weighted by Gasteiger charge is -2.28. The molecule has 6 heteroatoms. The number of rotatable bonds is 4. The summed E-state index contributed by atoms with van der Waals surface area (Å²) < 4.78 is 7.20. The predicted molar refractivity (Wildman–Crippen MR) is 75.8 cm³/mol. The van der Waals surface area contributed by atoms with E-state index in [0.29, 0.717) is 5.92 Å². The van der Waals surface area contributed by atoms with E-state index in [0.717, 1.165) is 49.7 Å². The molecule has 0 unspecified atom stereocenters. The van der Waals surface area contributed by atoms with E-state index in [2.05, 4.69) is 10.00 Å². The van der Waals surface area contributed by atoms with Crippen molar-refractivity contribution in [2.24, 2.45) is 18.7 Å². The van der Waals surface area contributed by atoms with Crippen LogP contribution in [-0.4, -0.2) is 42.4 Å². The zero-order chi connectivity index (χ0) is 14.0. The Labute approximate surface area is 114 Å². The number of hydrogen-bond acceptors (Lipinski definition) is 4. The minimum atomic E-state index is 0.0828. The molecule has 2 rings (SSSR count). The summed E-state index contributed by atoms with van der Waals surface area (Å²) in [6, 6.07) is 0. The summed E-state index contributed by atoms with van der Waals surface area (Å²) in [6.07, 6.45) is 2.19. The number of aromatic nitrogens is 2. The van der Waals surface area contributed by atoms with Crippen LogP contribution >= 0.6 is 0 Å². The lowest BCUT2D eigenvalue weighted by Crippen LogP contribution is -2.32. The van der Waals surface area contributed by atoms with Gasteiger partial charge in [0.1, 0.15) is 11.7 Å². The molecule has 0 bridgehead atoms. The highest BCUT2D eigenvalue weighted by Gasteiger charge is 2.22. The summed E-state index contributed by atoms with van der Waals surface area (Å²) in [7, 11) is 3.94. The molecule has 1 aliphatic heterocycles. The van der Waals surface area contributed by atoms with Crippen LogP contribution in [-0.2, 0) is 11.8 Å². The van der Waals surface area contributed by atoms with E-state index in [1.807, 2.05) is 25.7 Å². The van der Waals surface area contributed by atoms with E-state index in [4.69, 9.17) is 15.9 Å². The zero-order valence-electron chi connectivity index (χ0n) is 11.9. The van der Waals surface area contributed by atoms with Crippen LogP contribution in [0.25, 0.3) is 0 Å². The van der Waals surface area contributed by atoms with Crippen molar-refractivity contribution < 1.29 is 4.74 Å². The molecule has 1 aromatic heterocycles. The molecule has 0 atom stereocenters. The van der Waals surface area contributed by atoms with Crippen LogP contribution in [0.3, 0.4) is 0 Å². The predicted octanol–water partition coefficient (Wildman–Crippen LogP) is 0.875. The van der Waals surface area contributed by atoms with E-state index in [-0.39, 0.29) is 5.84 Å². The van der Waals surface area contributed by atoms with Crippen LogP contribution in [0.1, 0.15) is 24.1 Å². The fraction of sp³-hybridized carbons (Fsp3) is 0.692. The minimum Gasteiger partial charge on any atom is -0.384 e. The highest BCUT2D eigenvalue weighted by Crippen LogP contribution is 2.24. The molecule has 0 radical (unpaired) electrons. The fourth-order valence-corrected chi connectivity index (χ4v) is 2.80. The van der Waals surface area contributed by atoms with E-state index in [1.54, 1.807) is 0 Å². The number of nitrogens with two attached hydrogens (primary N) is 1. The van der Waals surface area contributed by atoms with Crippen molar-refractivity contribution in [1.29, 1.82) is 5.41 Å². The van der Waals surface area contributed by atoms with Crippen molar-refractivity contribution in [3.8, 4) is 0 Å². The van der Waals surface area contributed by atoms with E-state index < -0.39 is 0 Å². The summed E-state index contributed by atoms with van der Waals surface area (Å²) >= 11 is 0. The molecule has 6 nitrogen and oxygen atoms in total. The number of nitrogens with one attached hydrogen (secondary N) is 1. The van der Waals surface area contributed by atoms with E-state index in [9.17, 15) is 0 Å². The normalized spacial score (nSPS) is 16.6. The second-order valence-electron chi connectivity index (χ2n) is 5.26. The Morgan fingerprint density at radius 3 is 2.74 bits per heavy atom. The third kappa shape index (κ3) is 2.89. The van der Waals surface area contributed by atoms with Gasteiger partial charge in [-0.3, -0.25) is 10.1 Å². The monoisotopic (exact) mass is 265 g/mol. The minimum absolute atomic E-state index is 0.0828. The number of nitrogens with zero attached hydrogens (tertiary/aromatic N) is 3. The van der Waals surface area contributed by atoms with E-state index >= 15 is 0 Å². The van der Waals surface area contributed by atoms with Crippen molar-refractivity contribution in [2.75, 3.05) is 31.7 Å². The van der Waals surface area contributed by atoms with Gasteiger partial charge in [0, 0.05) is 33.9 Å². The zero-order valence-corrected chi connectivity index (χ0v) is 11.9. The van der Waals surface area contributed by atoms with Gasteiger partial charge in [0.25, 0.3) is 0 Å². The van der Waals surface area contributed by atoms with Crippen LogP contribution in [0.5, 0.6) is 0 Å². The molecular formula is C13H23N5O. The summed E-state index contributed by atoms with van der Waals surface area (Å²) in [5.41, 5.74) is 7.24. The van der Waals surface area contributed by atoms with Crippen molar-refractivity contribution in [1.82, 2.24) is 9.78 Å². The summed E-state index contributed by atoms with van der Waals surface area (Å²) in [5.74, 6) is 1.64. The van der Waals surface area contributed by atoms with Gasteiger partial charge in [-0.1, -0.05) is 0 Å². The van der Waals surface area contributed by atoms with Gasteiger partial charge in [-0.2, -0.15) is 5.10 Å². The first-order valence-electron chi connectivity index (χ1n) is 6.67. The smallest absolute Gasteiger partial charge is 0.137 e. The van der Waals surface area contributed by atoms with Crippen molar-refractivity contribution >= 4 is 11.7 Å². The van der Waals surface area contributed by atoms with Gasteiger partial charge in [-0.25, -0.2) is 0 Å².